The number of carboxylic acid groups (broad SMARTS) is 1. The second kappa shape index (κ2) is 4.91. The summed E-state index contributed by atoms with van der Waals surface area (Å²) in [5, 5.41) is 8.82. The van der Waals surface area contributed by atoms with Crippen molar-refractivity contribution in [2.24, 2.45) is 0 Å². The minimum atomic E-state index is -0.889. The highest BCUT2D eigenvalue weighted by Crippen LogP contribution is 2.25. The molecule has 1 heterocycles. The van der Waals surface area contributed by atoms with Crippen LogP contribution in [0.25, 0.3) is 11.3 Å². The van der Waals surface area contributed by atoms with E-state index in [0.29, 0.717) is 0 Å². The van der Waals surface area contributed by atoms with E-state index < -0.39 is 5.97 Å². The number of rotatable bonds is 4. The predicted molar refractivity (Wildman–Crippen MR) is 66.6 cm³/mol. The van der Waals surface area contributed by atoms with E-state index in [2.05, 4.69) is 4.98 Å². The molecule has 0 bridgehead atoms. The second-order valence-electron chi connectivity index (χ2n) is 3.98. The number of aliphatic carboxylic acids is 1. The lowest BCUT2D eigenvalue weighted by atomic mass is 10.1. The molecule has 0 saturated heterocycles. The van der Waals surface area contributed by atoms with Gasteiger partial charge < -0.3 is 14.4 Å². The van der Waals surface area contributed by atoms with Crippen LogP contribution >= 0.6 is 0 Å². The van der Waals surface area contributed by atoms with Gasteiger partial charge in [-0.05, 0) is 30.7 Å². The van der Waals surface area contributed by atoms with E-state index in [1.165, 1.54) is 6.33 Å². The van der Waals surface area contributed by atoms with E-state index in [1.807, 2.05) is 25.1 Å². The molecule has 5 heteroatoms. The van der Waals surface area contributed by atoms with Gasteiger partial charge in [-0.15, -0.1) is 0 Å². The second-order valence-corrected chi connectivity index (χ2v) is 3.98. The molecule has 0 aliphatic carbocycles. The number of carboxylic acids is 1. The van der Waals surface area contributed by atoms with Crippen molar-refractivity contribution in [3.63, 3.8) is 0 Å². The van der Waals surface area contributed by atoms with Crippen molar-refractivity contribution in [1.29, 1.82) is 0 Å². The van der Waals surface area contributed by atoms with Gasteiger partial charge in [0.1, 0.15) is 12.3 Å². The summed E-state index contributed by atoms with van der Waals surface area (Å²) in [5.41, 5.74) is 2.70. The van der Waals surface area contributed by atoms with Crippen LogP contribution in [0, 0.1) is 6.92 Å². The summed E-state index contributed by atoms with van der Waals surface area (Å²) in [6.45, 7) is 1.85. The van der Waals surface area contributed by atoms with Gasteiger partial charge in [-0.1, -0.05) is 0 Å². The van der Waals surface area contributed by atoms with Gasteiger partial charge in [-0.25, -0.2) is 4.98 Å². The molecule has 2 aromatic rings. The van der Waals surface area contributed by atoms with Gasteiger partial charge in [0.2, 0.25) is 0 Å². The molecule has 94 valence electrons. The van der Waals surface area contributed by atoms with Gasteiger partial charge in [0.15, 0.2) is 0 Å². The van der Waals surface area contributed by atoms with E-state index in [-0.39, 0.29) is 6.54 Å². The molecule has 1 aromatic heterocycles. The highest BCUT2D eigenvalue weighted by Gasteiger charge is 2.09. The van der Waals surface area contributed by atoms with E-state index in [4.69, 9.17) is 9.84 Å². The number of ether oxygens (including phenoxy) is 1. The smallest absolute Gasteiger partial charge is 0.323 e. The molecule has 5 nitrogen and oxygen atoms in total. The number of aromatic nitrogens is 2. The number of carbonyl (C=O) groups is 1. The first-order valence-electron chi connectivity index (χ1n) is 5.48. The van der Waals surface area contributed by atoms with Crippen molar-refractivity contribution in [1.82, 2.24) is 9.55 Å². The summed E-state index contributed by atoms with van der Waals surface area (Å²) >= 11 is 0. The number of methoxy groups -OCH3 is 1. The van der Waals surface area contributed by atoms with Gasteiger partial charge in [-0.2, -0.15) is 0 Å². The van der Waals surface area contributed by atoms with Crippen LogP contribution in [0.5, 0.6) is 5.75 Å². The van der Waals surface area contributed by atoms with Crippen molar-refractivity contribution in [2.45, 2.75) is 13.5 Å². The maximum atomic E-state index is 10.7. The average molecular weight is 246 g/mol. The Bertz CT molecular complexity index is 575. The Labute approximate surface area is 105 Å². The summed E-state index contributed by atoms with van der Waals surface area (Å²) in [6, 6.07) is 5.71. The monoisotopic (exact) mass is 246 g/mol. The molecule has 0 unspecified atom stereocenters. The van der Waals surface area contributed by atoms with Crippen LogP contribution in [0.15, 0.2) is 30.7 Å². The number of benzene rings is 1. The van der Waals surface area contributed by atoms with Crippen molar-refractivity contribution < 1.29 is 14.6 Å². The van der Waals surface area contributed by atoms with Gasteiger partial charge in [0.25, 0.3) is 0 Å². The molecule has 2 rings (SSSR count). The molecule has 0 saturated carbocycles. The summed E-state index contributed by atoms with van der Waals surface area (Å²) in [5.74, 6) is -0.0810. The first-order chi connectivity index (χ1) is 8.61. The molecule has 0 amide bonds. The highest BCUT2D eigenvalue weighted by atomic mass is 16.5. The fourth-order valence-electron chi connectivity index (χ4n) is 1.87. The van der Waals surface area contributed by atoms with E-state index >= 15 is 0 Å². The van der Waals surface area contributed by atoms with Crippen molar-refractivity contribution in [3.05, 3.63) is 36.3 Å². The van der Waals surface area contributed by atoms with Crippen LogP contribution in [0.2, 0.25) is 0 Å². The Morgan fingerprint density at radius 2 is 2.28 bits per heavy atom. The Morgan fingerprint density at radius 3 is 2.89 bits per heavy atom. The molecular formula is C13H14N2O3. The van der Waals surface area contributed by atoms with Gasteiger partial charge >= 0.3 is 5.97 Å². The normalized spacial score (nSPS) is 10.3. The lowest BCUT2D eigenvalue weighted by Crippen LogP contribution is -2.08. The summed E-state index contributed by atoms with van der Waals surface area (Å²) in [4.78, 5) is 14.7. The van der Waals surface area contributed by atoms with Crippen molar-refractivity contribution >= 4 is 5.97 Å². The van der Waals surface area contributed by atoms with Crippen molar-refractivity contribution in [3.8, 4) is 17.0 Å². The molecule has 18 heavy (non-hydrogen) atoms. The SMILES string of the molecule is COc1ccc(-c2cncn2CC(=O)O)cc1C. The predicted octanol–water partition coefficient (Wildman–Crippen LogP) is 1.95. The molecule has 0 fully saturated rings. The molecule has 0 aliphatic heterocycles. The molecule has 0 radical (unpaired) electrons. The van der Waals surface area contributed by atoms with E-state index in [1.54, 1.807) is 17.9 Å². The number of aryl methyl sites for hydroxylation is 1. The van der Waals surface area contributed by atoms with Crippen LogP contribution < -0.4 is 4.74 Å². The standard InChI is InChI=1S/C13H14N2O3/c1-9-5-10(3-4-12(9)18-2)11-6-14-8-15(11)7-13(16)17/h3-6,8H,7H2,1-2H3,(H,16,17). The molecule has 0 atom stereocenters. The van der Waals surface area contributed by atoms with Crippen LogP contribution in [-0.2, 0) is 11.3 Å². The summed E-state index contributed by atoms with van der Waals surface area (Å²) in [6.07, 6.45) is 3.17. The summed E-state index contributed by atoms with van der Waals surface area (Å²) < 4.78 is 6.80. The third kappa shape index (κ3) is 2.34. The minimum Gasteiger partial charge on any atom is -0.496 e. The Hall–Kier alpha value is -2.30. The number of hydrogen-bond donors (Lipinski definition) is 1. The fraction of sp³-hybridized carbons (Fsp3) is 0.231. The van der Waals surface area contributed by atoms with Crippen LogP contribution in [0.1, 0.15) is 5.56 Å². The Kier molecular flexibility index (Phi) is 3.32. The van der Waals surface area contributed by atoms with Crippen LogP contribution in [-0.4, -0.2) is 27.7 Å². The van der Waals surface area contributed by atoms with Gasteiger partial charge in [-0.3, -0.25) is 4.79 Å². The minimum absolute atomic E-state index is 0.0968. The number of imidazole rings is 1. The first-order valence-corrected chi connectivity index (χ1v) is 5.48. The van der Waals surface area contributed by atoms with Crippen LogP contribution in [0.3, 0.4) is 0 Å². The van der Waals surface area contributed by atoms with E-state index in [0.717, 1.165) is 22.6 Å². The lowest BCUT2D eigenvalue weighted by molar-refractivity contribution is -0.137. The Balaban J connectivity index is 2.40. The zero-order chi connectivity index (χ0) is 13.1. The molecule has 1 aromatic carbocycles. The third-order valence-corrected chi connectivity index (χ3v) is 2.71. The molecular weight excluding hydrogens is 232 g/mol. The quantitative estimate of drug-likeness (QED) is 0.895. The van der Waals surface area contributed by atoms with Crippen LogP contribution in [0.4, 0.5) is 0 Å². The maximum Gasteiger partial charge on any atom is 0.323 e. The number of hydrogen-bond acceptors (Lipinski definition) is 3. The van der Waals surface area contributed by atoms with E-state index in [9.17, 15) is 4.79 Å². The maximum absolute atomic E-state index is 10.7. The Morgan fingerprint density at radius 1 is 1.50 bits per heavy atom. The zero-order valence-electron chi connectivity index (χ0n) is 10.3. The molecule has 1 N–H and O–H groups in total. The first kappa shape index (κ1) is 12.2. The molecule has 0 aliphatic rings. The largest absolute Gasteiger partial charge is 0.496 e. The average Bonchev–Trinajstić information content (AvgIpc) is 2.76. The van der Waals surface area contributed by atoms with Gasteiger partial charge in [0, 0.05) is 5.56 Å². The number of nitrogens with zero attached hydrogens (tertiary/aromatic N) is 2. The third-order valence-electron chi connectivity index (χ3n) is 2.71. The summed E-state index contributed by atoms with van der Waals surface area (Å²) in [7, 11) is 1.62. The van der Waals surface area contributed by atoms with Gasteiger partial charge in [0.05, 0.1) is 25.3 Å². The van der Waals surface area contributed by atoms with Crippen molar-refractivity contribution in [2.75, 3.05) is 7.11 Å². The fourth-order valence-corrected chi connectivity index (χ4v) is 1.87. The highest BCUT2D eigenvalue weighted by molar-refractivity contribution is 5.69. The molecule has 0 spiro atoms. The topological polar surface area (TPSA) is 64.4 Å². The lowest BCUT2D eigenvalue weighted by Gasteiger charge is -2.09. The zero-order valence-corrected chi connectivity index (χ0v) is 10.3.